The molecule has 0 aliphatic carbocycles. The largest absolute Gasteiger partial charge is 0.470 e. The van der Waals surface area contributed by atoms with Crippen molar-refractivity contribution in [3.63, 3.8) is 0 Å². The summed E-state index contributed by atoms with van der Waals surface area (Å²) < 4.78 is 43.7. The summed E-state index contributed by atoms with van der Waals surface area (Å²) in [5.74, 6) is -0.00108. The summed E-state index contributed by atoms with van der Waals surface area (Å²) in [4.78, 5) is 10.1. The molecule has 0 saturated carbocycles. The molecular formula is C22H20F3N3O3. The Morgan fingerprint density at radius 1 is 1.03 bits per heavy atom. The van der Waals surface area contributed by atoms with Gasteiger partial charge in [-0.05, 0) is 18.2 Å². The third-order valence-corrected chi connectivity index (χ3v) is 5.08. The van der Waals surface area contributed by atoms with E-state index in [2.05, 4.69) is 9.97 Å². The summed E-state index contributed by atoms with van der Waals surface area (Å²) in [5.41, 5.74) is 1.88. The van der Waals surface area contributed by atoms with Crippen LogP contribution in [-0.2, 0) is 12.8 Å². The first-order chi connectivity index (χ1) is 14.8. The Hall–Kier alpha value is -3.17. The van der Waals surface area contributed by atoms with E-state index in [4.69, 9.17) is 4.74 Å². The Morgan fingerprint density at radius 2 is 1.81 bits per heavy atom. The van der Waals surface area contributed by atoms with E-state index >= 15 is 0 Å². The van der Waals surface area contributed by atoms with E-state index in [-0.39, 0.29) is 25.6 Å². The number of halogens is 3. The Kier molecular flexibility index (Phi) is 5.79. The van der Waals surface area contributed by atoms with Crippen LogP contribution in [0.25, 0.3) is 11.3 Å². The average molecular weight is 431 g/mol. The minimum atomic E-state index is -4.48. The molecule has 1 aliphatic heterocycles. The second kappa shape index (κ2) is 8.52. The van der Waals surface area contributed by atoms with Gasteiger partial charge in [0, 0.05) is 24.4 Å². The number of anilines is 1. The molecule has 2 aromatic heterocycles. The molecule has 0 bridgehead atoms. The van der Waals surface area contributed by atoms with Crippen molar-refractivity contribution in [1.82, 2.24) is 9.97 Å². The van der Waals surface area contributed by atoms with Crippen LogP contribution in [0.2, 0.25) is 0 Å². The number of aliphatic hydroxyl groups excluding tert-OH is 2. The average Bonchev–Trinajstić information content (AvgIpc) is 3.13. The summed E-state index contributed by atoms with van der Waals surface area (Å²) in [6.07, 6.45) is -5.35. The quantitative estimate of drug-likeness (QED) is 0.646. The van der Waals surface area contributed by atoms with Gasteiger partial charge in [-0.2, -0.15) is 13.2 Å². The highest BCUT2D eigenvalue weighted by Crippen LogP contribution is 2.31. The normalized spacial score (nSPS) is 18.9. The first kappa shape index (κ1) is 21.1. The maximum atomic E-state index is 12.7. The molecule has 3 aromatic rings. The van der Waals surface area contributed by atoms with Gasteiger partial charge in [0.05, 0.1) is 35.8 Å². The second-order valence-corrected chi connectivity index (χ2v) is 7.20. The highest BCUT2D eigenvalue weighted by atomic mass is 19.4. The first-order valence-electron chi connectivity index (χ1n) is 9.64. The van der Waals surface area contributed by atoms with Crippen molar-refractivity contribution in [3.05, 3.63) is 72.1 Å². The molecule has 3 heterocycles. The molecule has 4 rings (SSSR count). The highest BCUT2D eigenvalue weighted by Gasteiger charge is 2.35. The van der Waals surface area contributed by atoms with Crippen molar-refractivity contribution in [2.45, 2.75) is 25.0 Å². The van der Waals surface area contributed by atoms with Crippen LogP contribution in [0.15, 0.2) is 60.8 Å². The summed E-state index contributed by atoms with van der Waals surface area (Å²) in [7, 11) is 0. The Labute approximate surface area is 176 Å². The number of hydrogen-bond donors (Lipinski definition) is 2. The predicted molar refractivity (Wildman–Crippen MR) is 107 cm³/mol. The number of aromatic nitrogens is 2. The van der Waals surface area contributed by atoms with Gasteiger partial charge in [0.2, 0.25) is 5.88 Å². The summed E-state index contributed by atoms with van der Waals surface area (Å²) >= 11 is 0. The molecule has 1 aromatic carbocycles. The fraction of sp³-hybridized carbons (Fsp3) is 0.273. The van der Waals surface area contributed by atoms with Crippen LogP contribution in [-0.4, -0.2) is 45.5 Å². The molecule has 6 nitrogen and oxygen atoms in total. The number of pyridine rings is 2. The molecule has 1 fully saturated rings. The molecule has 9 heteroatoms. The lowest BCUT2D eigenvalue weighted by atomic mass is 10.1. The monoisotopic (exact) mass is 431 g/mol. The maximum Gasteiger partial charge on any atom is 0.417 e. The molecule has 2 atom stereocenters. The third-order valence-electron chi connectivity index (χ3n) is 5.08. The molecule has 0 unspecified atom stereocenters. The fourth-order valence-corrected chi connectivity index (χ4v) is 3.51. The van der Waals surface area contributed by atoms with E-state index in [1.807, 2.05) is 47.4 Å². The maximum absolute atomic E-state index is 12.7. The Balaban J connectivity index is 1.49. The Bertz CT molecular complexity index is 1030. The van der Waals surface area contributed by atoms with E-state index in [1.54, 1.807) is 0 Å². The van der Waals surface area contributed by atoms with Gasteiger partial charge in [0.1, 0.15) is 12.2 Å². The topological polar surface area (TPSA) is 78.7 Å². The minimum absolute atomic E-state index is 0.00108. The SMILES string of the molecule is OCc1nc(-c2ccccc2)ccc1N1C[C@@H](O)[C@H](Oc2ccc(C(F)(F)F)cn2)C1. The lowest BCUT2D eigenvalue weighted by Crippen LogP contribution is -2.30. The second-order valence-electron chi connectivity index (χ2n) is 7.20. The van der Waals surface area contributed by atoms with Gasteiger partial charge in [0.15, 0.2) is 0 Å². The van der Waals surface area contributed by atoms with Crippen LogP contribution >= 0.6 is 0 Å². The van der Waals surface area contributed by atoms with Crippen LogP contribution in [0, 0.1) is 0 Å². The van der Waals surface area contributed by atoms with Crippen LogP contribution in [0.3, 0.4) is 0 Å². The zero-order valence-corrected chi connectivity index (χ0v) is 16.3. The summed E-state index contributed by atoms with van der Waals surface area (Å²) in [5, 5.41) is 20.2. The van der Waals surface area contributed by atoms with Gasteiger partial charge >= 0.3 is 6.18 Å². The summed E-state index contributed by atoms with van der Waals surface area (Å²) in [6.45, 7) is 0.211. The smallest absolute Gasteiger partial charge is 0.417 e. The number of alkyl halides is 3. The van der Waals surface area contributed by atoms with Crippen molar-refractivity contribution in [1.29, 1.82) is 0 Å². The lowest BCUT2D eigenvalue weighted by molar-refractivity contribution is -0.137. The molecule has 31 heavy (non-hydrogen) atoms. The van der Waals surface area contributed by atoms with Crippen molar-refractivity contribution in [3.8, 4) is 17.1 Å². The van der Waals surface area contributed by atoms with Gasteiger partial charge in [-0.3, -0.25) is 0 Å². The van der Waals surface area contributed by atoms with Gasteiger partial charge in [0.25, 0.3) is 0 Å². The molecule has 0 spiro atoms. The van der Waals surface area contributed by atoms with Crippen molar-refractivity contribution in [2.24, 2.45) is 0 Å². The van der Waals surface area contributed by atoms with Crippen molar-refractivity contribution in [2.75, 3.05) is 18.0 Å². The predicted octanol–water partition coefficient (Wildman–Crippen LogP) is 3.28. The molecule has 1 saturated heterocycles. The highest BCUT2D eigenvalue weighted by molar-refractivity contribution is 5.63. The van der Waals surface area contributed by atoms with E-state index in [9.17, 15) is 23.4 Å². The zero-order chi connectivity index (χ0) is 22.0. The van der Waals surface area contributed by atoms with Crippen molar-refractivity contribution >= 4 is 5.69 Å². The molecule has 0 amide bonds. The molecule has 162 valence electrons. The molecule has 0 radical (unpaired) electrons. The number of ether oxygens (including phenoxy) is 1. The van der Waals surface area contributed by atoms with Gasteiger partial charge in [-0.15, -0.1) is 0 Å². The standard InChI is InChI=1S/C22H20F3N3O3/c23-22(24,25)15-6-9-21(26-10-15)31-20-12-28(11-19(20)30)18-8-7-16(27-17(18)13-29)14-4-2-1-3-5-14/h1-10,19-20,29-30H,11-13H2/t19-,20-/m1/s1. The molecule has 1 aliphatic rings. The fourth-order valence-electron chi connectivity index (χ4n) is 3.51. The van der Waals surface area contributed by atoms with E-state index in [0.29, 0.717) is 17.6 Å². The number of rotatable bonds is 5. The van der Waals surface area contributed by atoms with Crippen LogP contribution < -0.4 is 9.64 Å². The first-order valence-corrected chi connectivity index (χ1v) is 9.64. The number of β-amino-alcohol motifs (C(OH)–C–C–N with tert-alkyl or cyclic N) is 1. The minimum Gasteiger partial charge on any atom is -0.470 e. The van der Waals surface area contributed by atoms with E-state index in [0.717, 1.165) is 23.4 Å². The van der Waals surface area contributed by atoms with Gasteiger partial charge in [-0.25, -0.2) is 9.97 Å². The van der Waals surface area contributed by atoms with Crippen LogP contribution in [0.1, 0.15) is 11.3 Å². The van der Waals surface area contributed by atoms with E-state index < -0.39 is 23.9 Å². The zero-order valence-electron chi connectivity index (χ0n) is 16.3. The molecule has 2 N–H and O–H groups in total. The van der Waals surface area contributed by atoms with Crippen molar-refractivity contribution < 1.29 is 28.1 Å². The Morgan fingerprint density at radius 3 is 2.45 bits per heavy atom. The van der Waals surface area contributed by atoms with E-state index in [1.165, 1.54) is 0 Å². The number of benzene rings is 1. The van der Waals surface area contributed by atoms with Crippen LogP contribution in [0.5, 0.6) is 5.88 Å². The summed E-state index contributed by atoms with van der Waals surface area (Å²) in [6, 6.07) is 15.2. The third kappa shape index (κ3) is 4.62. The van der Waals surface area contributed by atoms with Gasteiger partial charge in [-0.1, -0.05) is 30.3 Å². The molecular weight excluding hydrogens is 411 g/mol. The number of aliphatic hydroxyl groups is 2. The van der Waals surface area contributed by atoms with Gasteiger partial charge < -0.3 is 19.8 Å². The lowest BCUT2D eigenvalue weighted by Gasteiger charge is -2.21. The van der Waals surface area contributed by atoms with Crippen LogP contribution in [0.4, 0.5) is 18.9 Å². The number of nitrogens with zero attached hydrogens (tertiary/aromatic N) is 3. The number of hydrogen-bond acceptors (Lipinski definition) is 6.